The van der Waals surface area contributed by atoms with Crippen LogP contribution in [-0.4, -0.2) is 35.3 Å². The van der Waals surface area contributed by atoms with E-state index in [9.17, 15) is 14.4 Å². The summed E-state index contributed by atoms with van der Waals surface area (Å²) in [5.41, 5.74) is 0.650. The average Bonchev–Trinajstić information content (AvgIpc) is 2.36. The van der Waals surface area contributed by atoms with Crippen LogP contribution in [0.2, 0.25) is 0 Å². The molecule has 0 bridgehead atoms. The van der Waals surface area contributed by atoms with Crippen LogP contribution in [0.25, 0.3) is 0 Å². The number of ether oxygens (including phenoxy) is 1. The highest BCUT2D eigenvalue weighted by molar-refractivity contribution is 5.95. The third-order valence-corrected chi connectivity index (χ3v) is 2.47. The quantitative estimate of drug-likeness (QED) is 0.664. The van der Waals surface area contributed by atoms with Crippen molar-refractivity contribution in [3.05, 3.63) is 29.1 Å². The van der Waals surface area contributed by atoms with Crippen LogP contribution < -0.4 is 5.32 Å². The van der Waals surface area contributed by atoms with Crippen LogP contribution in [0.15, 0.2) is 12.1 Å². The largest absolute Gasteiger partial charge is 0.444 e. The minimum absolute atomic E-state index is 0.137. The Morgan fingerprint density at radius 2 is 2.00 bits per heavy atom. The molecule has 6 heteroatoms. The van der Waals surface area contributed by atoms with Gasteiger partial charge in [0.2, 0.25) is 0 Å². The Bertz CT molecular complexity index is 547. The molecule has 1 rings (SSSR count). The predicted molar refractivity (Wildman–Crippen MR) is 77.6 cm³/mol. The first-order valence-electron chi connectivity index (χ1n) is 6.65. The molecule has 0 aromatic carbocycles. The molecule has 0 spiro atoms. The van der Waals surface area contributed by atoms with E-state index in [0.29, 0.717) is 30.5 Å². The summed E-state index contributed by atoms with van der Waals surface area (Å²) in [5, 5.41) is 2.60. The number of hydrogen-bond acceptors (Lipinski definition) is 5. The minimum Gasteiger partial charge on any atom is -0.444 e. The van der Waals surface area contributed by atoms with Crippen LogP contribution in [0.4, 0.5) is 4.79 Å². The summed E-state index contributed by atoms with van der Waals surface area (Å²) < 4.78 is 5.10. The smallest absolute Gasteiger partial charge is 0.407 e. The maximum Gasteiger partial charge on any atom is 0.407 e. The monoisotopic (exact) mass is 292 g/mol. The molecule has 1 N–H and O–H groups in total. The van der Waals surface area contributed by atoms with E-state index in [2.05, 4.69) is 10.3 Å². The van der Waals surface area contributed by atoms with Crippen molar-refractivity contribution in [1.29, 1.82) is 0 Å². The predicted octanol–water partition coefficient (Wildman–Crippen LogP) is 2.16. The molecule has 114 valence electrons. The van der Waals surface area contributed by atoms with Crippen molar-refractivity contribution < 1.29 is 19.1 Å². The Morgan fingerprint density at radius 3 is 2.52 bits per heavy atom. The number of amides is 1. The van der Waals surface area contributed by atoms with Crippen molar-refractivity contribution in [3.8, 4) is 0 Å². The Hall–Kier alpha value is -2.24. The summed E-state index contributed by atoms with van der Waals surface area (Å²) in [4.78, 5) is 37.8. The molecule has 0 aliphatic carbocycles. The van der Waals surface area contributed by atoms with Gasteiger partial charge >= 0.3 is 6.09 Å². The maximum atomic E-state index is 11.5. The third-order valence-electron chi connectivity index (χ3n) is 2.47. The second-order valence-electron chi connectivity index (χ2n) is 5.62. The van der Waals surface area contributed by atoms with E-state index in [-0.39, 0.29) is 11.5 Å². The average molecular weight is 292 g/mol. The maximum absolute atomic E-state index is 11.5. The Morgan fingerprint density at radius 1 is 1.33 bits per heavy atom. The molecular formula is C15H20N2O4. The summed E-state index contributed by atoms with van der Waals surface area (Å²) in [6.45, 7) is 7.07. The molecule has 1 aromatic rings. The number of alkyl carbamates (subject to hydrolysis) is 1. The fraction of sp³-hybridized carbons (Fsp3) is 0.467. The van der Waals surface area contributed by atoms with Crippen LogP contribution in [0.3, 0.4) is 0 Å². The van der Waals surface area contributed by atoms with Crippen LogP contribution in [0.5, 0.6) is 0 Å². The molecule has 0 aliphatic rings. The Kier molecular flexibility index (Phi) is 5.58. The van der Waals surface area contributed by atoms with Crippen LogP contribution in [0.1, 0.15) is 54.2 Å². The SMILES string of the molecule is CC(=O)c1cc(C=O)nc(CCNC(=O)OC(C)(C)C)c1. The zero-order valence-corrected chi connectivity index (χ0v) is 12.7. The van der Waals surface area contributed by atoms with E-state index in [1.54, 1.807) is 26.8 Å². The van der Waals surface area contributed by atoms with Gasteiger partial charge in [0.15, 0.2) is 12.1 Å². The zero-order valence-electron chi connectivity index (χ0n) is 12.7. The third kappa shape index (κ3) is 6.16. The normalized spacial score (nSPS) is 10.9. The molecule has 1 aromatic heterocycles. The van der Waals surface area contributed by atoms with Gasteiger partial charge in [-0.05, 0) is 39.8 Å². The number of ketones is 1. The summed E-state index contributed by atoms with van der Waals surface area (Å²) in [7, 11) is 0. The number of nitrogens with one attached hydrogen (secondary N) is 1. The van der Waals surface area contributed by atoms with Crippen molar-refractivity contribution in [2.24, 2.45) is 0 Å². The Labute approximate surface area is 123 Å². The second-order valence-corrected chi connectivity index (χ2v) is 5.62. The molecular weight excluding hydrogens is 272 g/mol. The lowest BCUT2D eigenvalue weighted by Gasteiger charge is -2.19. The van der Waals surface area contributed by atoms with Crippen molar-refractivity contribution in [3.63, 3.8) is 0 Å². The first-order chi connectivity index (χ1) is 9.71. The van der Waals surface area contributed by atoms with E-state index in [4.69, 9.17) is 4.74 Å². The van der Waals surface area contributed by atoms with Crippen LogP contribution in [0, 0.1) is 0 Å². The van der Waals surface area contributed by atoms with Crippen molar-refractivity contribution in [2.45, 2.75) is 39.7 Å². The standard InChI is InChI=1S/C15H20N2O4/c1-10(19)11-7-12(17-13(8-11)9-18)5-6-16-14(20)21-15(2,3)4/h7-9H,5-6H2,1-4H3,(H,16,20). The second kappa shape index (κ2) is 6.97. The first-order valence-corrected chi connectivity index (χ1v) is 6.65. The number of Topliss-reactive ketones (excluding diaryl/α,β-unsaturated/α-hetero) is 1. The molecule has 1 heterocycles. The van der Waals surface area contributed by atoms with Gasteiger partial charge in [0.1, 0.15) is 11.3 Å². The van der Waals surface area contributed by atoms with E-state index in [1.165, 1.54) is 13.0 Å². The fourth-order valence-corrected chi connectivity index (χ4v) is 1.61. The van der Waals surface area contributed by atoms with Gasteiger partial charge in [0, 0.05) is 24.2 Å². The van der Waals surface area contributed by atoms with Gasteiger partial charge in [-0.15, -0.1) is 0 Å². The fourth-order valence-electron chi connectivity index (χ4n) is 1.61. The van der Waals surface area contributed by atoms with Gasteiger partial charge < -0.3 is 10.1 Å². The topological polar surface area (TPSA) is 85.4 Å². The van der Waals surface area contributed by atoms with Crippen LogP contribution >= 0.6 is 0 Å². The van der Waals surface area contributed by atoms with Crippen molar-refractivity contribution in [2.75, 3.05) is 6.54 Å². The van der Waals surface area contributed by atoms with Crippen molar-refractivity contribution in [1.82, 2.24) is 10.3 Å². The number of aromatic nitrogens is 1. The van der Waals surface area contributed by atoms with Gasteiger partial charge in [-0.25, -0.2) is 9.78 Å². The highest BCUT2D eigenvalue weighted by atomic mass is 16.6. The molecule has 0 saturated carbocycles. The highest BCUT2D eigenvalue weighted by Crippen LogP contribution is 2.08. The number of nitrogens with zero attached hydrogens (tertiary/aromatic N) is 1. The van der Waals surface area contributed by atoms with Gasteiger partial charge in [-0.1, -0.05) is 0 Å². The number of hydrogen-bond donors (Lipinski definition) is 1. The summed E-state index contributed by atoms with van der Waals surface area (Å²) in [6, 6.07) is 3.06. The van der Waals surface area contributed by atoms with E-state index in [0.717, 1.165) is 0 Å². The zero-order chi connectivity index (χ0) is 16.0. The first kappa shape index (κ1) is 16.8. The number of carbonyl (C=O) groups is 3. The molecule has 0 radical (unpaired) electrons. The van der Waals surface area contributed by atoms with Gasteiger partial charge in [-0.2, -0.15) is 0 Å². The molecule has 0 saturated heterocycles. The molecule has 0 fully saturated rings. The minimum atomic E-state index is -0.554. The molecule has 0 aliphatic heterocycles. The summed E-state index contributed by atoms with van der Waals surface area (Å²) >= 11 is 0. The molecule has 21 heavy (non-hydrogen) atoms. The summed E-state index contributed by atoms with van der Waals surface area (Å²) in [5.74, 6) is -0.137. The number of pyridine rings is 1. The Balaban J connectivity index is 2.63. The van der Waals surface area contributed by atoms with Gasteiger partial charge in [0.25, 0.3) is 0 Å². The number of aldehydes is 1. The molecule has 1 amide bonds. The van der Waals surface area contributed by atoms with E-state index in [1.807, 2.05) is 0 Å². The molecule has 0 unspecified atom stereocenters. The lowest BCUT2D eigenvalue weighted by atomic mass is 10.1. The number of carbonyl (C=O) groups excluding carboxylic acids is 3. The van der Waals surface area contributed by atoms with E-state index >= 15 is 0 Å². The van der Waals surface area contributed by atoms with Gasteiger partial charge in [-0.3, -0.25) is 9.59 Å². The van der Waals surface area contributed by atoms with Gasteiger partial charge in [0.05, 0.1) is 0 Å². The lowest BCUT2D eigenvalue weighted by molar-refractivity contribution is 0.0528. The summed E-state index contributed by atoms with van der Waals surface area (Å²) in [6.07, 6.45) is 0.485. The molecule has 0 atom stereocenters. The van der Waals surface area contributed by atoms with E-state index < -0.39 is 11.7 Å². The van der Waals surface area contributed by atoms with Crippen LogP contribution in [-0.2, 0) is 11.2 Å². The lowest BCUT2D eigenvalue weighted by Crippen LogP contribution is -2.33. The number of rotatable bonds is 5. The van der Waals surface area contributed by atoms with Crippen molar-refractivity contribution >= 4 is 18.2 Å². The highest BCUT2D eigenvalue weighted by Gasteiger charge is 2.15. The molecule has 6 nitrogen and oxygen atoms in total.